The van der Waals surface area contributed by atoms with E-state index in [9.17, 15) is 0 Å². The van der Waals surface area contributed by atoms with E-state index < -0.39 is 0 Å². The quantitative estimate of drug-likeness (QED) is 0.742. The van der Waals surface area contributed by atoms with Crippen LogP contribution in [0.5, 0.6) is 0 Å². The molecule has 0 spiro atoms. The van der Waals surface area contributed by atoms with Gasteiger partial charge < -0.3 is 15.6 Å². The average Bonchev–Trinajstić information content (AvgIpc) is 2.28. The van der Waals surface area contributed by atoms with Crippen LogP contribution in [0.2, 0.25) is 0 Å². The highest BCUT2D eigenvalue weighted by Gasteiger charge is 2.20. The number of nitrogens with zero attached hydrogens (tertiary/aromatic N) is 3. The van der Waals surface area contributed by atoms with Gasteiger partial charge in [0.15, 0.2) is 0 Å². The highest BCUT2D eigenvalue weighted by Crippen LogP contribution is 2.09. The van der Waals surface area contributed by atoms with Crippen LogP contribution in [0, 0.1) is 6.92 Å². The normalized spacial score (nSPS) is 21.6. The first-order valence-corrected chi connectivity index (χ1v) is 5.72. The van der Waals surface area contributed by atoms with Gasteiger partial charge in [-0.05, 0) is 6.92 Å². The number of ether oxygens (including phenoxy) is 1. The van der Waals surface area contributed by atoms with Crippen molar-refractivity contribution in [1.82, 2.24) is 14.9 Å². The highest BCUT2D eigenvalue weighted by atomic mass is 16.5. The smallest absolute Gasteiger partial charge is 0.144 e. The molecule has 1 saturated heterocycles. The van der Waals surface area contributed by atoms with Gasteiger partial charge >= 0.3 is 0 Å². The van der Waals surface area contributed by atoms with Crippen LogP contribution in [0.15, 0.2) is 6.07 Å². The molecule has 1 atom stereocenters. The van der Waals surface area contributed by atoms with E-state index in [2.05, 4.69) is 14.9 Å². The molecule has 0 bridgehead atoms. The Bertz CT molecular complexity index is 365. The molecule has 1 fully saturated rings. The number of aliphatic hydroxyl groups excluding tert-OH is 1. The van der Waals surface area contributed by atoms with Crippen LogP contribution in [0.3, 0.4) is 0 Å². The molecule has 0 aromatic carbocycles. The fraction of sp³-hybridized carbons (Fsp3) is 0.636. The molecule has 94 valence electrons. The number of hydrogen-bond acceptors (Lipinski definition) is 6. The van der Waals surface area contributed by atoms with Crippen LogP contribution < -0.4 is 5.73 Å². The lowest BCUT2D eigenvalue weighted by Gasteiger charge is -2.31. The standard InChI is InChI=1S/C11H18N4O2/c1-8-4-10(12)14-11(13-8)6-15-2-3-17-9(5-15)7-16/h4,9,16H,2-3,5-7H2,1H3,(H2,12,13,14). The minimum Gasteiger partial charge on any atom is -0.394 e. The van der Waals surface area contributed by atoms with Gasteiger partial charge in [0.05, 0.1) is 25.9 Å². The van der Waals surface area contributed by atoms with Crippen molar-refractivity contribution in [3.63, 3.8) is 0 Å². The Hall–Kier alpha value is -1.24. The number of morpholine rings is 1. The van der Waals surface area contributed by atoms with Crippen molar-refractivity contribution in [2.75, 3.05) is 32.0 Å². The number of aryl methyl sites for hydroxylation is 1. The second-order valence-corrected chi connectivity index (χ2v) is 4.26. The van der Waals surface area contributed by atoms with Crippen molar-refractivity contribution in [3.05, 3.63) is 17.6 Å². The molecule has 1 aromatic heterocycles. The fourth-order valence-corrected chi connectivity index (χ4v) is 1.96. The van der Waals surface area contributed by atoms with Crippen molar-refractivity contribution >= 4 is 5.82 Å². The summed E-state index contributed by atoms with van der Waals surface area (Å²) in [4.78, 5) is 10.7. The molecule has 0 amide bonds. The van der Waals surface area contributed by atoms with Gasteiger partial charge in [0.1, 0.15) is 11.6 Å². The Kier molecular flexibility index (Phi) is 3.88. The van der Waals surface area contributed by atoms with Gasteiger partial charge in [-0.1, -0.05) is 0 Å². The van der Waals surface area contributed by atoms with Crippen LogP contribution in [0.1, 0.15) is 11.5 Å². The Balaban J connectivity index is 2.00. The molecule has 3 N–H and O–H groups in total. The van der Waals surface area contributed by atoms with Crippen LogP contribution in [0.4, 0.5) is 5.82 Å². The summed E-state index contributed by atoms with van der Waals surface area (Å²) in [6.45, 7) is 4.75. The zero-order valence-corrected chi connectivity index (χ0v) is 9.96. The summed E-state index contributed by atoms with van der Waals surface area (Å²) >= 11 is 0. The van der Waals surface area contributed by atoms with Gasteiger partial charge in [-0.25, -0.2) is 9.97 Å². The molecular formula is C11H18N4O2. The summed E-state index contributed by atoms with van der Waals surface area (Å²) in [5.41, 5.74) is 6.56. The van der Waals surface area contributed by atoms with Crippen LogP contribution in [0.25, 0.3) is 0 Å². The summed E-state index contributed by atoms with van der Waals surface area (Å²) in [7, 11) is 0. The van der Waals surface area contributed by atoms with Gasteiger partial charge in [-0.15, -0.1) is 0 Å². The SMILES string of the molecule is Cc1cc(N)nc(CN2CCOC(CO)C2)n1. The Morgan fingerprint density at radius 1 is 1.59 bits per heavy atom. The fourth-order valence-electron chi connectivity index (χ4n) is 1.96. The number of rotatable bonds is 3. The van der Waals surface area contributed by atoms with Gasteiger partial charge in [-0.3, -0.25) is 4.90 Å². The molecule has 17 heavy (non-hydrogen) atoms. The van der Waals surface area contributed by atoms with E-state index in [1.165, 1.54) is 0 Å². The number of anilines is 1. The maximum absolute atomic E-state index is 9.06. The molecule has 2 heterocycles. The lowest BCUT2D eigenvalue weighted by Crippen LogP contribution is -2.43. The maximum atomic E-state index is 9.06. The third-order valence-corrected chi connectivity index (χ3v) is 2.71. The van der Waals surface area contributed by atoms with Crippen LogP contribution >= 0.6 is 0 Å². The van der Waals surface area contributed by atoms with E-state index in [1.54, 1.807) is 6.07 Å². The van der Waals surface area contributed by atoms with Crippen molar-refractivity contribution in [3.8, 4) is 0 Å². The molecule has 6 nitrogen and oxygen atoms in total. The summed E-state index contributed by atoms with van der Waals surface area (Å²) in [5, 5.41) is 9.06. The number of aromatic nitrogens is 2. The first-order valence-electron chi connectivity index (χ1n) is 5.72. The van der Waals surface area contributed by atoms with Crippen LogP contribution in [-0.2, 0) is 11.3 Å². The molecule has 0 radical (unpaired) electrons. The molecule has 1 aromatic rings. The van der Waals surface area contributed by atoms with Crippen molar-refractivity contribution in [1.29, 1.82) is 0 Å². The van der Waals surface area contributed by atoms with E-state index >= 15 is 0 Å². The second kappa shape index (κ2) is 5.39. The predicted octanol–water partition coefficient (Wildman–Crippen LogP) is -0.440. The van der Waals surface area contributed by atoms with E-state index in [4.69, 9.17) is 15.6 Å². The summed E-state index contributed by atoms with van der Waals surface area (Å²) < 4.78 is 5.39. The topological polar surface area (TPSA) is 84.5 Å². The predicted molar refractivity (Wildman–Crippen MR) is 63.3 cm³/mol. The minimum absolute atomic E-state index is 0.0489. The van der Waals surface area contributed by atoms with E-state index in [0.29, 0.717) is 25.5 Å². The Morgan fingerprint density at radius 3 is 3.12 bits per heavy atom. The molecule has 6 heteroatoms. The van der Waals surface area contributed by atoms with E-state index in [1.807, 2.05) is 6.92 Å². The van der Waals surface area contributed by atoms with E-state index in [0.717, 1.165) is 18.1 Å². The van der Waals surface area contributed by atoms with Crippen molar-refractivity contribution in [2.45, 2.75) is 19.6 Å². The molecule has 1 aliphatic rings. The largest absolute Gasteiger partial charge is 0.394 e. The van der Waals surface area contributed by atoms with E-state index in [-0.39, 0.29) is 12.7 Å². The third kappa shape index (κ3) is 3.36. The monoisotopic (exact) mass is 238 g/mol. The Morgan fingerprint density at radius 2 is 2.41 bits per heavy atom. The van der Waals surface area contributed by atoms with Gasteiger partial charge in [0, 0.05) is 24.8 Å². The zero-order valence-electron chi connectivity index (χ0n) is 9.96. The van der Waals surface area contributed by atoms with Gasteiger partial charge in [0.2, 0.25) is 0 Å². The average molecular weight is 238 g/mol. The molecular weight excluding hydrogens is 220 g/mol. The van der Waals surface area contributed by atoms with Crippen LogP contribution in [-0.4, -0.2) is 52.4 Å². The highest BCUT2D eigenvalue weighted by molar-refractivity contribution is 5.29. The van der Waals surface area contributed by atoms with Gasteiger partial charge in [0.25, 0.3) is 0 Å². The van der Waals surface area contributed by atoms with Gasteiger partial charge in [-0.2, -0.15) is 0 Å². The third-order valence-electron chi connectivity index (χ3n) is 2.71. The number of nitrogen functional groups attached to an aromatic ring is 1. The molecule has 0 saturated carbocycles. The first kappa shape index (κ1) is 12.2. The Labute approximate surface area is 100 Å². The molecule has 2 rings (SSSR count). The second-order valence-electron chi connectivity index (χ2n) is 4.26. The minimum atomic E-state index is -0.106. The summed E-state index contributed by atoms with van der Waals surface area (Å²) in [6.07, 6.45) is -0.106. The summed E-state index contributed by atoms with van der Waals surface area (Å²) in [6, 6.07) is 1.75. The number of hydrogen-bond donors (Lipinski definition) is 2. The lowest BCUT2D eigenvalue weighted by atomic mass is 10.3. The number of nitrogens with two attached hydrogens (primary N) is 1. The molecule has 1 aliphatic heterocycles. The lowest BCUT2D eigenvalue weighted by molar-refractivity contribution is -0.0556. The maximum Gasteiger partial charge on any atom is 0.144 e. The summed E-state index contributed by atoms with van der Waals surface area (Å²) in [5.74, 6) is 1.22. The molecule has 1 unspecified atom stereocenters. The van der Waals surface area contributed by atoms with Crippen molar-refractivity contribution < 1.29 is 9.84 Å². The molecule has 0 aliphatic carbocycles. The number of aliphatic hydroxyl groups is 1. The van der Waals surface area contributed by atoms with Crippen molar-refractivity contribution in [2.24, 2.45) is 0 Å². The zero-order chi connectivity index (χ0) is 12.3. The first-order chi connectivity index (χ1) is 8.17.